The molecule has 1 aliphatic rings. The number of aliphatic hydroxyl groups excluding tert-OH is 1. The van der Waals surface area contributed by atoms with E-state index in [1.807, 2.05) is 12.1 Å². The standard InChI is InChI=1S/C16H19N3O/c17-10-16(15(20)14-7-9-18-11-19-14)8-3-5-12-4-1-2-6-13(12)16/h1-2,4,6-7,9,11,15,20H,3,5,8,10,17H2. The molecule has 20 heavy (non-hydrogen) atoms. The molecule has 104 valence electrons. The monoisotopic (exact) mass is 269 g/mol. The normalized spacial score (nSPS) is 23.1. The molecule has 0 radical (unpaired) electrons. The van der Waals surface area contributed by atoms with Crippen LogP contribution in [0.5, 0.6) is 0 Å². The fourth-order valence-corrected chi connectivity index (χ4v) is 3.31. The van der Waals surface area contributed by atoms with Crippen molar-refractivity contribution in [3.05, 3.63) is 59.7 Å². The first-order valence-corrected chi connectivity index (χ1v) is 7.00. The average Bonchev–Trinajstić information content (AvgIpc) is 2.54. The van der Waals surface area contributed by atoms with Crippen molar-refractivity contribution in [1.82, 2.24) is 9.97 Å². The first-order chi connectivity index (χ1) is 9.78. The number of aryl methyl sites for hydroxylation is 1. The van der Waals surface area contributed by atoms with Crippen molar-refractivity contribution in [3.8, 4) is 0 Å². The minimum Gasteiger partial charge on any atom is -0.386 e. The number of hydrogen-bond acceptors (Lipinski definition) is 4. The summed E-state index contributed by atoms with van der Waals surface area (Å²) in [6.45, 7) is 0.412. The van der Waals surface area contributed by atoms with Crippen LogP contribution in [0, 0.1) is 0 Å². The number of nitrogens with zero attached hydrogens (tertiary/aromatic N) is 2. The Morgan fingerprint density at radius 3 is 2.90 bits per heavy atom. The predicted molar refractivity (Wildman–Crippen MR) is 77.1 cm³/mol. The molecule has 0 saturated heterocycles. The van der Waals surface area contributed by atoms with E-state index in [-0.39, 0.29) is 0 Å². The Balaban J connectivity index is 2.09. The van der Waals surface area contributed by atoms with E-state index in [4.69, 9.17) is 5.73 Å². The van der Waals surface area contributed by atoms with Crippen LogP contribution in [0.3, 0.4) is 0 Å². The molecular formula is C16H19N3O. The molecule has 1 aromatic carbocycles. The van der Waals surface area contributed by atoms with Gasteiger partial charge in [-0.25, -0.2) is 9.97 Å². The van der Waals surface area contributed by atoms with Crippen LogP contribution in [-0.4, -0.2) is 21.6 Å². The van der Waals surface area contributed by atoms with Crippen molar-refractivity contribution in [2.24, 2.45) is 5.73 Å². The van der Waals surface area contributed by atoms with E-state index in [0.29, 0.717) is 12.2 Å². The molecule has 0 bridgehead atoms. The van der Waals surface area contributed by atoms with Crippen LogP contribution in [0.15, 0.2) is 42.9 Å². The molecule has 1 heterocycles. The zero-order chi connectivity index (χ0) is 14.0. The van der Waals surface area contributed by atoms with Gasteiger partial charge in [-0.3, -0.25) is 0 Å². The maximum absolute atomic E-state index is 10.9. The molecule has 2 unspecified atom stereocenters. The Morgan fingerprint density at radius 1 is 1.30 bits per heavy atom. The third-order valence-electron chi connectivity index (χ3n) is 4.40. The quantitative estimate of drug-likeness (QED) is 0.890. The summed E-state index contributed by atoms with van der Waals surface area (Å²) >= 11 is 0. The van der Waals surface area contributed by atoms with Gasteiger partial charge in [0, 0.05) is 18.2 Å². The van der Waals surface area contributed by atoms with Gasteiger partial charge in [-0.15, -0.1) is 0 Å². The highest BCUT2D eigenvalue weighted by Crippen LogP contribution is 2.44. The summed E-state index contributed by atoms with van der Waals surface area (Å²) in [6.07, 6.45) is 5.40. The summed E-state index contributed by atoms with van der Waals surface area (Å²) in [5, 5.41) is 10.9. The van der Waals surface area contributed by atoms with Gasteiger partial charge >= 0.3 is 0 Å². The van der Waals surface area contributed by atoms with E-state index in [9.17, 15) is 5.11 Å². The molecule has 0 fully saturated rings. The third-order valence-corrected chi connectivity index (χ3v) is 4.40. The number of fused-ring (bicyclic) bond motifs is 1. The number of hydrogen-bond donors (Lipinski definition) is 2. The van der Waals surface area contributed by atoms with Crippen LogP contribution < -0.4 is 5.73 Å². The maximum atomic E-state index is 10.9. The predicted octanol–water partition coefficient (Wildman–Crippen LogP) is 1.74. The Kier molecular flexibility index (Phi) is 3.51. The Labute approximate surface area is 118 Å². The topological polar surface area (TPSA) is 72.0 Å². The lowest BCUT2D eigenvalue weighted by molar-refractivity contribution is 0.0680. The van der Waals surface area contributed by atoms with Gasteiger partial charge < -0.3 is 10.8 Å². The molecule has 3 rings (SSSR count). The van der Waals surface area contributed by atoms with Gasteiger partial charge in [0.05, 0.1) is 5.69 Å². The van der Waals surface area contributed by atoms with Crippen molar-refractivity contribution in [1.29, 1.82) is 0 Å². The first-order valence-electron chi connectivity index (χ1n) is 7.00. The van der Waals surface area contributed by atoms with Crippen LogP contribution in [0.25, 0.3) is 0 Å². The van der Waals surface area contributed by atoms with Crippen LogP contribution in [0.1, 0.15) is 35.8 Å². The molecule has 0 spiro atoms. The summed E-state index contributed by atoms with van der Waals surface area (Å²) in [5.41, 5.74) is 8.74. The molecule has 4 heteroatoms. The zero-order valence-electron chi connectivity index (χ0n) is 11.4. The lowest BCUT2D eigenvalue weighted by atomic mass is 9.66. The van der Waals surface area contributed by atoms with Gasteiger partial charge in [-0.2, -0.15) is 0 Å². The molecule has 1 aliphatic carbocycles. The fourth-order valence-electron chi connectivity index (χ4n) is 3.31. The van der Waals surface area contributed by atoms with E-state index >= 15 is 0 Å². The second kappa shape index (κ2) is 5.31. The minimum atomic E-state index is -0.697. The molecule has 0 amide bonds. The molecule has 2 atom stereocenters. The van der Waals surface area contributed by atoms with Gasteiger partial charge in [-0.05, 0) is 36.5 Å². The second-order valence-corrected chi connectivity index (χ2v) is 5.41. The summed E-state index contributed by atoms with van der Waals surface area (Å²) in [4.78, 5) is 8.12. The molecule has 2 aromatic rings. The first kappa shape index (κ1) is 13.2. The fraction of sp³-hybridized carbons (Fsp3) is 0.375. The van der Waals surface area contributed by atoms with Crippen molar-refractivity contribution in [2.45, 2.75) is 30.8 Å². The second-order valence-electron chi connectivity index (χ2n) is 5.41. The van der Waals surface area contributed by atoms with Gasteiger partial charge in [0.15, 0.2) is 0 Å². The Hall–Kier alpha value is -1.78. The van der Waals surface area contributed by atoms with E-state index in [1.54, 1.807) is 12.3 Å². The summed E-state index contributed by atoms with van der Waals surface area (Å²) in [5.74, 6) is 0. The van der Waals surface area contributed by atoms with Crippen molar-refractivity contribution in [2.75, 3.05) is 6.54 Å². The smallest absolute Gasteiger partial charge is 0.115 e. The van der Waals surface area contributed by atoms with E-state index in [2.05, 4.69) is 22.1 Å². The minimum absolute atomic E-state index is 0.412. The van der Waals surface area contributed by atoms with E-state index < -0.39 is 11.5 Å². The largest absolute Gasteiger partial charge is 0.386 e. The summed E-state index contributed by atoms with van der Waals surface area (Å²) in [7, 11) is 0. The number of aromatic nitrogens is 2. The van der Waals surface area contributed by atoms with Crippen molar-refractivity contribution < 1.29 is 5.11 Å². The lowest BCUT2D eigenvalue weighted by Gasteiger charge is -2.41. The number of aliphatic hydroxyl groups is 1. The highest BCUT2D eigenvalue weighted by Gasteiger charge is 2.42. The zero-order valence-corrected chi connectivity index (χ0v) is 11.4. The maximum Gasteiger partial charge on any atom is 0.115 e. The van der Waals surface area contributed by atoms with Crippen molar-refractivity contribution in [3.63, 3.8) is 0 Å². The number of benzene rings is 1. The molecule has 0 saturated carbocycles. The Bertz CT molecular complexity index is 587. The lowest BCUT2D eigenvalue weighted by Crippen LogP contribution is -2.44. The molecule has 4 nitrogen and oxygen atoms in total. The van der Waals surface area contributed by atoms with Gasteiger partial charge in [0.2, 0.25) is 0 Å². The van der Waals surface area contributed by atoms with Crippen LogP contribution in [0.2, 0.25) is 0 Å². The van der Waals surface area contributed by atoms with Crippen LogP contribution in [0.4, 0.5) is 0 Å². The summed E-state index contributed by atoms with van der Waals surface area (Å²) < 4.78 is 0. The van der Waals surface area contributed by atoms with E-state index in [1.165, 1.54) is 17.5 Å². The highest BCUT2D eigenvalue weighted by atomic mass is 16.3. The highest BCUT2D eigenvalue weighted by molar-refractivity contribution is 5.39. The molecular weight excluding hydrogens is 250 g/mol. The van der Waals surface area contributed by atoms with Crippen LogP contribution in [-0.2, 0) is 11.8 Å². The van der Waals surface area contributed by atoms with Gasteiger partial charge in [-0.1, -0.05) is 24.3 Å². The average molecular weight is 269 g/mol. The number of nitrogens with two attached hydrogens (primary N) is 1. The van der Waals surface area contributed by atoms with Crippen molar-refractivity contribution >= 4 is 0 Å². The SMILES string of the molecule is NCC1(C(O)c2ccncn2)CCCc2ccccc21. The molecule has 3 N–H and O–H groups in total. The molecule has 0 aliphatic heterocycles. The Morgan fingerprint density at radius 2 is 2.15 bits per heavy atom. The van der Waals surface area contributed by atoms with Crippen LogP contribution >= 0.6 is 0 Å². The van der Waals surface area contributed by atoms with Gasteiger partial charge in [0.25, 0.3) is 0 Å². The molecule has 1 aromatic heterocycles. The third kappa shape index (κ3) is 2.01. The summed E-state index contributed by atoms with van der Waals surface area (Å²) in [6, 6.07) is 10.0. The van der Waals surface area contributed by atoms with Gasteiger partial charge in [0.1, 0.15) is 12.4 Å². The number of rotatable bonds is 3. The van der Waals surface area contributed by atoms with E-state index in [0.717, 1.165) is 19.3 Å².